The number of methoxy groups -OCH3 is 2. The smallest absolute Gasteiger partial charge is 0.342 e. The average Bonchev–Trinajstić information content (AvgIpc) is 3.19. The molecule has 8 heteroatoms. The fourth-order valence-corrected chi connectivity index (χ4v) is 2.63. The van der Waals surface area contributed by atoms with Crippen LogP contribution >= 0.6 is 0 Å². The van der Waals surface area contributed by atoms with E-state index in [1.807, 2.05) is 6.07 Å². The fraction of sp³-hybridized carbons (Fsp3) is 0.300. The Morgan fingerprint density at radius 1 is 1.07 bits per heavy atom. The van der Waals surface area contributed by atoms with Crippen molar-refractivity contribution in [3.63, 3.8) is 0 Å². The summed E-state index contributed by atoms with van der Waals surface area (Å²) in [5.41, 5.74) is 1.05. The molecule has 0 saturated heterocycles. The van der Waals surface area contributed by atoms with Crippen molar-refractivity contribution in [2.24, 2.45) is 0 Å². The van der Waals surface area contributed by atoms with E-state index >= 15 is 0 Å². The van der Waals surface area contributed by atoms with Gasteiger partial charge in [0.25, 0.3) is 5.91 Å². The minimum atomic E-state index is -0.978. The van der Waals surface area contributed by atoms with Gasteiger partial charge < -0.3 is 29.0 Å². The third-order valence-electron chi connectivity index (χ3n) is 4.19. The Hall–Kier alpha value is -3.42. The number of rotatable bonds is 7. The molecule has 1 N–H and O–H groups in total. The van der Waals surface area contributed by atoms with E-state index in [1.54, 1.807) is 24.3 Å². The molecular weight excluding hydrogens is 366 g/mol. The number of amides is 1. The van der Waals surface area contributed by atoms with Gasteiger partial charge in [-0.3, -0.25) is 4.79 Å². The zero-order valence-corrected chi connectivity index (χ0v) is 15.8. The number of carbonyl (C=O) groups excluding carboxylic acids is 2. The molecule has 2 aromatic carbocycles. The number of nitrogens with one attached hydrogen (secondary N) is 1. The first-order valence-corrected chi connectivity index (χ1v) is 8.61. The zero-order valence-electron chi connectivity index (χ0n) is 15.8. The highest BCUT2D eigenvalue weighted by atomic mass is 16.7. The maximum atomic E-state index is 12.4. The second-order valence-electron chi connectivity index (χ2n) is 6.02. The minimum Gasteiger partial charge on any atom is -0.497 e. The molecule has 28 heavy (non-hydrogen) atoms. The number of ether oxygens (including phenoxy) is 5. The summed E-state index contributed by atoms with van der Waals surface area (Å²) in [6.07, 6.45) is -0.978. The fourth-order valence-electron chi connectivity index (χ4n) is 2.63. The highest BCUT2D eigenvalue weighted by Gasteiger charge is 2.22. The van der Waals surface area contributed by atoms with Gasteiger partial charge in [-0.05, 0) is 36.8 Å². The molecule has 0 fully saturated rings. The molecule has 1 heterocycles. The molecule has 1 amide bonds. The number of hydrogen-bond acceptors (Lipinski definition) is 7. The van der Waals surface area contributed by atoms with Crippen LogP contribution in [0.4, 0.5) is 0 Å². The van der Waals surface area contributed by atoms with Gasteiger partial charge >= 0.3 is 5.97 Å². The lowest BCUT2D eigenvalue weighted by molar-refractivity contribution is -0.129. The van der Waals surface area contributed by atoms with Crippen molar-refractivity contribution in [3.8, 4) is 23.0 Å². The summed E-state index contributed by atoms with van der Waals surface area (Å²) in [5, 5.41) is 2.73. The molecule has 148 valence electrons. The standard InChI is InChI=1S/C20H21NO7/c1-12(28-20(23)15-6-5-14(24-2)9-17(15)25-3)19(22)21-10-13-4-7-16-18(8-13)27-11-26-16/h4-9,12H,10-11H2,1-3H3,(H,21,22)/t12-/m1/s1. The van der Waals surface area contributed by atoms with Crippen LogP contribution in [0.3, 0.4) is 0 Å². The SMILES string of the molecule is COc1ccc(C(=O)O[C@H](C)C(=O)NCc2ccc3c(c2)OCO3)c(OC)c1. The van der Waals surface area contributed by atoms with E-state index in [0.717, 1.165) is 5.56 Å². The van der Waals surface area contributed by atoms with Crippen LogP contribution in [0, 0.1) is 0 Å². The number of hydrogen-bond donors (Lipinski definition) is 1. The van der Waals surface area contributed by atoms with Crippen molar-refractivity contribution in [2.75, 3.05) is 21.0 Å². The van der Waals surface area contributed by atoms with Crippen LogP contribution < -0.4 is 24.3 Å². The van der Waals surface area contributed by atoms with Crippen LogP contribution in [0.2, 0.25) is 0 Å². The predicted octanol–water partition coefficient (Wildman–Crippen LogP) is 2.29. The maximum Gasteiger partial charge on any atom is 0.342 e. The molecule has 0 spiro atoms. The van der Waals surface area contributed by atoms with Crippen molar-refractivity contribution in [3.05, 3.63) is 47.5 Å². The van der Waals surface area contributed by atoms with Crippen LogP contribution in [0.25, 0.3) is 0 Å². The van der Waals surface area contributed by atoms with E-state index in [0.29, 0.717) is 23.0 Å². The summed E-state index contributed by atoms with van der Waals surface area (Å²) >= 11 is 0. The Morgan fingerprint density at radius 3 is 2.61 bits per heavy atom. The summed E-state index contributed by atoms with van der Waals surface area (Å²) in [5.74, 6) is 1.08. The van der Waals surface area contributed by atoms with Crippen molar-refractivity contribution < 1.29 is 33.3 Å². The van der Waals surface area contributed by atoms with Crippen LogP contribution in [0.5, 0.6) is 23.0 Å². The van der Waals surface area contributed by atoms with E-state index in [-0.39, 0.29) is 18.9 Å². The van der Waals surface area contributed by atoms with Gasteiger partial charge in [0.05, 0.1) is 14.2 Å². The molecule has 3 rings (SSSR count). The topological polar surface area (TPSA) is 92.3 Å². The molecule has 0 aromatic heterocycles. The number of benzene rings is 2. The predicted molar refractivity (Wildman–Crippen MR) is 98.8 cm³/mol. The summed E-state index contributed by atoms with van der Waals surface area (Å²) in [7, 11) is 2.95. The van der Waals surface area contributed by atoms with Crippen molar-refractivity contribution in [1.29, 1.82) is 0 Å². The van der Waals surface area contributed by atoms with Gasteiger partial charge in [0.1, 0.15) is 17.1 Å². The van der Waals surface area contributed by atoms with E-state index in [4.69, 9.17) is 23.7 Å². The number of carbonyl (C=O) groups is 2. The van der Waals surface area contributed by atoms with Gasteiger partial charge in [-0.1, -0.05) is 6.07 Å². The average molecular weight is 387 g/mol. The molecule has 0 unspecified atom stereocenters. The van der Waals surface area contributed by atoms with Gasteiger partial charge in [0, 0.05) is 12.6 Å². The quantitative estimate of drug-likeness (QED) is 0.729. The molecule has 1 atom stereocenters. The molecule has 2 aromatic rings. The molecule has 0 saturated carbocycles. The summed E-state index contributed by atoms with van der Waals surface area (Å²) < 4.78 is 26.1. The molecule has 1 aliphatic rings. The van der Waals surface area contributed by atoms with Crippen molar-refractivity contribution >= 4 is 11.9 Å². The van der Waals surface area contributed by atoms with Gasteiger partial charge in [-0.15, -0.1) is 0 Å². The Kier molecular flexibility index (Phi) is 5.88. The Labute approximate surface area is 162 Å². The molecule has 0 aliphatic carbocycles. The van der Waals surface area contributed by atoms with Crippen LogP contribution in [-0.2, 0) is 16.1 Å². The first-order valence-electron chi connectivity index (χ1n) is 8.61. The highest BCUT2D eigenvalue weighted by Crippen LogP contribution is 2.32. The third-order valence-corrected chi connectivity index (χ3v) is 4.19. The van der Waals surface area contributed by atoms with Crippen LogP contribution in [0.15, 0.2) is 36.4 Å². The monoisotopic (exact) mass is 387 g/mol. The second-order valence-corrected chi connectivity index (χ2v) is 6.02. The first kappa shape index (κ1) is 19.3. The Balaban J connectivity index is 1.57. The summed E-state index contributed by atoms with van der Waals surface area (Å²) in [6.45, 7) is 1.96. The number of fused-ring (bicyclic) bond motifs is 1. The van der Waals surface area contributed by atoms with E-state index < -0.39 is 18.0 Å². The van der Waals surface area contributed by atoms with E-state index in [9.17, 15) is 9.59 Å². The lowest BCUT2D eigenvalue weighted by Crippen LogP contribution is -2.35. The molecular formula is C20H21NO7. The number of esters is 1. The lowest BCUT2D eigenvalue weighted by atomic mass is 10.2. The normalized spacial score (nSPS) is 12.8. The molecule has 0 bridgehead atoms. The Morgan fingerprint density at radius 2 is 1.86 bits per heavy atom. The van der Waals surface area contributed by atoms with Gasteiger partial charge in [0.2, 0.25) is 6.79 Å². The van der Waals surface area contributed by atoms with Gasteiger partial charge in [-0.25, -0.2) is 4.79 Å². The maximum absolute atomic E-state index is 12.4. The second kappa shape index (κ2) is 8.51. The van der Waals surface area contributed by atoms with E-state index in [1.165, 1.54) is 27.2 Å². The van der Waals surface area contributed by atoms with Crippen molar-refractivity contribution in [2.45, 2.75) is 19.6 Å². The third kappa shape index (κ3) is 4.28. The van der Waals surface area contributed by atoms with Crippen molar-refractivity contribution in [1.82, 2.24) is 5.32 Å². The summed E-state index contributed by atoms with van der Waals surface area (Å²) in [4.78, 5) is 24.7. The van der Waals surface area contributed by atoms with Crippen LogP contribution in [-0.4, -0.2) is 39.0 Å². The molecule has 8 nitrogen and oxygen atoms in total. The lowest BCUT2D eigenvalue weighted by Gasteiger charge is -2.15. The highest BCUT2D eigenvalue weighted by molar-refractivity contribution is 5.94. The van der Waals surface area contributed by atoms with Crippen LogP contribution in [0.1, 0.15) is 22.8 Å². The Bertz CT molecular complexity index is 881. The van der Waals surface area contributed by atoms with Gasteiger partial charge in [0.15, 0.2) is 17.6 Å². The largest absolute Gasteiger partial charge is 0.497 e. The molecule has 1 aliphatic heterocycles. The first-order chi connectivity index (χ1) is 13.5. The van der Waals surface area contributed by atoms with E-state index in [2.05, 4.69) is 5.32 Å². The summed E-state index contributed by atoms with van der Waals surface area (Å²) in [6, 6.07) is 10.1. The zero-order chi connectivity index (χ0) is 20.1. The van der Waals surface area contributed by atoms with Gasteiger partial charge in [-0.2, -0.15) is 0 Å². The minimum absolute atomic E-state index is 0.187. The molecule has 0 radical (unpaired) electrons.